The highest BCUT2D eigenvalue weighted by Crippen LogP contribution is 2.32. The number of rotatable bonds is 4. The van der Waals surface area contributed by atoms with Gasteiger partial charge in [-0.2, -0.15) is 4.37 Å². The fourth-order valence-corrected chi connectivity index (χ4v) is 2.85. The molecule has 0 spiro atoms. The lowest BCUT2D eigenvalue weighted by Gasteiger charge is -2.31. The van der Waals surface area contributed by atoms with Crippen LogP contribution in [-0.4, -0.2) is 17.0 Å². The van der Waals surface area contributed by atoms with E-state index in [1.54, 1.807) is 0 Å². The molecule has 0 saturated heterocycles. The molecule has 98 valence electrons. The maximum atomic E-state index is 5.72. The molecule has 2 rings (SSSR count). The van der Waals surface area contributed by atoms with Crippen LogP contribution in [0.25, 0.3) is 10.9 Å². The Morgan fingerprint density at radius 1 is 1.33 bits per heavy atom. The van der Waals surface area contributed by atoms with Gasteiger partial charge in [0.2, 0.25) is 0 Å². The van der Waals surface area contributed by atoms with Gasteiger partial charge in [0, 0.05) is 11.4 Å². The fraction of sp³-hybridized carbons (Fsp3) is 0.500. The van der Waals surface area contributed by atoms with Crippen molar-refractivity contribution in [2.75, 3.05) is 11.9 Å². The standard InChI is InChI=1S/C14H21N3S/c1-14(2,3)12(8-9-15)16-13-10-6-4-5-7-11(10)17-18-13/h4-7,12,16H,8-9,15H2,1-3H3. The first-order valence-electron chi connectivity index (χ1n) is 6.33. The molecule has 1 heterocycles. The van der Waals surface area contributed by atoms with Gasteiger partial charge in [0.25, 0.3) is 0 Å². The third-order valence-electron chi connectivity index (χ3n) is 3.19. The van der Waals surface area contributed by atoms with E-state index in [0.29, 0.717) is 12.6 Å². The monoisotopic (exact) mass is 263 g/mol. The lowest BCUT2D eigenvalue weighted by Crippen LogP contribution is -2.35. The predicted molar refractivity (Wildman–Crippen MR) is 80.2 cm³/mol. The predicted octanol–water partition coefficient (Wildman–Crippen LogP) is 3.47. The SMILES string of the molecule is CC(C)(C)C(CCN)Nc1snc2ccccc12. The van der Waals surface area contributed by atoms with Crippen LogP contribution in [0, 0.1) is 5.41 Å². The fourth-order valence-electron chi connectivity index (χ4n) is 2.04. The van der Waals surface area contributed by atoms with Crippen molar-refractivity contribution in [1.82, 2.24) is 4.37 Å². The molecule has 0 bridgehead atoms. The Morgan fingerprint density at radius 2 is 2.06 bits per heavy atom. The number of fused-ring (bicyclic) bond motifs is 1. The van der Waals surface area contributed by atoms with Gasteiger partial charge in [0.15, 0.2) is 0 Å². The topological polar surface area (TPSA) is 50.9 Å². The first-order valence-corrected chi connectivity index (χ1v) is 7.10. The van der Waals surface area contributed by atoms with Gasteiger partial charge in [0.1, 0.15) is 5.00 Å². The molecule has 0 saturated carbocycles. The highest BCUT2D eigenvalue weighted by Gasteiger charge is 2.24. The summed E-state index contributed by atoms with van der Waals surface area (Å²) in [6, 6.07) is 8.60. The van der Waals surface area contributed by atoms with Crippen molar-refractivity contribution >= 4 is 27.4 Å². The minimum Gasteiger partial charge on any atom is -0.372 e. The van der Waals surface area contributed by atoms with Gasteiger partial charge in [-0.15, -0.1) is 0 Å². The summed E-state index contributed by atoms with van der Waals surface area (Å²) >= 11 is 1.53. The van der Waals surface area contributed by atoms with Crippen LogP contribution in [0.1, 0.15) is 27.2 Å². The number of anilines is 1. The van der Waals surface area contributed by atoms with E-state index in [1.165, 1.54) is 16.9 Å². The molecule has 18 heavy (non-hydrogen) atoms. The Hall–Kier alpha value is -1.13. The minimum absolute atomic E-state index is 0.185. The summed E-state index contributed by atoms with van der Waals surface area (Å²) in [5.41, 5.74) is 6.96. The molecule has 3 N–H and O–H groups in total. The summed E-state index contributed by atoms with van der Waals surface area (Å²) in [6.07, 6.45) is 0.968. The summed E-state index contributed by atoms with van der Waals surface area (Å²) < 4.78 is 4.46. The minimum atomic E-state index is 0.185. The first-order chi connectivity index (χ1) is 8.52. The smallest absolute Gasteiger partial charge is 0.117 e. The molecule has 0 aliphatic rings. The van der Waals surface area contributed by atoms with Crippen LogP contribution in [0.4, 0.5) is 5.00 Å². The second kappa shape index (κ2) is 5.24. The van der Waals surface area contributed by atoms with Crippen LogP contribution in [-0.2, 0) is 0 Å². The van der Waals surface area contributed by atoms with Crippen LogP contribution >= 0.6 is 11.5 Å². The Kier molecular flexibility index (Phi) is 3.88. The van der Waals surface area contributed by atoms with Gasteiger partial charge in [-0.25, -0.2) is 0 Å². The lowest BCUT2D eigenvalue weighted by molar-refractivity contribution is 0.329. The third-order valence-corrected chi connectivity index (χ3v) is 4.00. The molecule has 0 aliphatic carbocycles. The molecule has 0 radical (unpaired) electrons. The molecule has 1 unspecified atom stereocenters. The van der Waals surface area contributed by atoms with Gasteiger partial charge in [-0.1, -0.05) is 32.9 Å². The van der Waals surface area contributed by atoms with Gasteiger partial charge < -0.3 is 11.1 Å². The number of benzene rings is 1. The van der Waals surface area contributed by atoms with Crippen molar-refractivity contribution in [1.29, 1.82) is 0 Å². The number of hydrogen-bond donors (Lipinski definition) is 2. The van der Waals surface area contributed by atoms with Crippen molar-refractivity contribution in [3.63, 3.8) is 0 Å². The average molecular weight is 263 g/mol. The molecular weight excluding hydrogens is 242 g/mol. The molecule has 0 amide bonds. The van der Waals surface area contributed by atoms with E-state index in [1.807, 2.05) is 12.1 Å². The van der Waals surface area contributed by atoms with E-state index in [4.69, 9.17) is 5.73 Å². The molecule has 2 aromatic rings. The largest absolute Gasteiger partial charge is 0.372 e. The Labute approximate surface area is 113 Å². The zero-order valence-corrected chi connectivity index (χ0v) is 12.1. The first kappa shape index (κ1) is 13.3. The molecule has 1 atom stereocenters. The Balaban J connectivity index is 2.26. The van der Waals surface area contributed by atoms with E-state index in [9.17, 15) is 0 Å². The van der Waals surface area contributed by atoms with Crippen molar-refractivity contribution in [2.24, 2.45) is 11.1 Å². The van der Waals surface area contributed by atoms with Gasteiger partial charge in [-0.05, 0) is 42.0 Å². The number of aromatic nitrogens is 1. The van der Waals surface area contributed by atoms with Crippen molar-refractivity contribution in [3.8, 4) is 0 Å². The summed E-state index contributed by atoms with van der Waals surface area (Å²) in [5.74, 6) is 0. The van der Waals surface area contributed by atoms with Crippen LogP contribution in [0.5, 0.6) is 0 Å². The average Bonchev–Trinajstić information content (AvgIpc) is 2.71. The molecule has 0 fully saturated rings. The van der Waals surface area contributed by atoms with Gasteiger partial charge in [-0.3, -0.25) is 0 Å². The van der Waals surface area contributed by atoms with E-state index < -0.39 is 0 Å². The van der Waals surface area contributed by atoms with Crippen LogP contribution in [0.2, 0.25) is 0 Å². The summed E-state index contributed by atoms with van der Waals surface area (Å²) in [4.78, 5) is 0. The zero-order valence-electron chi connectivity index (χ0n) is 11.2. The Bertz CT molecular complexity index is 513. The summed E-state index contributed by atoms with van der Waals surface area (Å²) in [5, 5.41) is 5.97. The number of nitrogens with two attached hydrogens (primary N) is 1. The zero-order chi connectivity index (χ0) is 13.2. The second-order valence-electron chi connectivity index (χ2n) is 5.67. The van der Waals surface area contributed by atoms with E-state index in [2.05, 4.69) is 42.6 Å². The van der Waals surface area contributed by atoms with E-state index in [0.717, 1.165) is 16.9 Å². The number of nitrogens with zero attached hydrogens (tertiary/aromatic N) is 1. The van der Waals surface area contributed by atoms with Crippen LogP contribution < -0.4 is 11.1 Å². The Morgan fingerprint density at radius 3 is 2.72 bits per heavy atom. The van der Waals surface area contributed by atoms with Crippen molar-refractivity contribution in [2.45, 2.75) is 33.2 Å². The van der Waals surface area contributed by atoms with Crippen LogP contribution in [0.15, 0.2) is 24.3 Å². The van der Waals surface area contributed by atoms with Gasteiger partial charge in [0.05, 0.1) is 5.52 Å². The van der Waals surface area contributed by atoms with E-state index in [-0.39, 0.29) is 5.41 Å². The maximum absolute atomic E-state index is 5.72. The van der Waals surface area contributed by atoms with Crippen LogP contribution in [0.3, 0.4) is 0 Å². The molecule has 1 aromatic carbocycles. The molecule has 1 aromatic heterocycles. The highest BCUT2D eigenvalue weighted by molar-refractivity contribution is 7.11. The van der Waals surface area contributed by atoms with Crippen molar-refractivity contribution < 1.29 is 0 Å². The maximum Gasteiger partial charge on any atom is 0.117 e. The highest BCUT2D eigenvalue weighted by atomic mass is 32.1. The number of hydrogen-bond acceptors (Lipinski definition) is 4. The molecule has 4 heteroatoms. The second-order valence-corrected chi connectivity index (χ2v) is 6.44. The van der Waals surface area contributed by atoms with Crippen molar-refractivity contribution in [3.05, 3.63) is 24.3 Å². The molecule has 0 aliphatic heterocycles. The van der Waals surface area contributed by atoms with Gasteiger partial charge >= 0.3 is 0 Å². The quantitative estimate of drug-likeness (QED) is 0.888. The summed E-state index contributed by atoms with van der Waals surface area (Å²) in [7, 11) is 0. The lowest BCUT2D eigenvalue weighted by atomic mass is 9.85. The molecular formula is C14H21N3S. The normalized spacial score (nSPS) is 13.8. The summed E-state index contributed by atoms with van der Waals surface area (Å²) in [6.45, 7) is 7.42. The number of nitrogens with one attached hydrogen (secondary N) is 1. The molecule has 3 nitrogen and oxygen atoms in total. The third kappa shape index (κ3) is 2.82. The van der Waals surface area contributed by atoms with E-state index >= 15 is 0 Å².